The van der Waals surface area contributed by atoms with Crippen molar-refractivity contribution in [1.29, 1.82) is 0 Å². The van der Waals surface area contributed by atoms with Crippen molar-refractivity contribution in [3.63, 3.8) is 0 Å². The first-order valence-corrected chi connectivity index (χ1v) is 11.4. The van der Waals surface area contributed by atoms with E-state index in [1.807, 2.05) is 0 Å². The van der Waals surface area contributed by atoms with Gasteiger partial charge in [0.15, 0.2) is 0 Å². The number of nitrogens with zero attached hydrogens (tertiary/aromatic N) is 1. The van der Waals surface area contributed by atoms with Gasteiger partial charge in [-0.25, -0.2) is 13.3 Å². The molecule has 2 aromatic carbocycles. The summed E-state index contributed by atoms with van der Waals surface area (Å²) in [7, 11) is -2.52. The summed E-state index contributed by atoms with van der Waals surface area (Å²) >= 11 is 5.87. The maximum absolute atomic E-state index is 13.1. The molecule has 3 aliphatic heterocycles. The number of anilines is 1. The Hall–Kier alpha value is -2.42. The van der Waals surface area contributed by atoms with Crippen LogP contribution < -0.4 is 9.64 Å². The van der Waals surface area contributed by atoms with Crippen LogP contribution in [0.4, 0.5) is 5.69 Å². The Morgan fingerprint density at radius 1 is 0.967 bits per heavy atom. The van der Waals surface area contributed by atoms with Gasteiger partial charge in [0.2, 0.25) is 21.7 Å². The molecule has 156 valence electrons. The summed E-state index contributed by atoms with van der Waals surface area (Å²) in [5, 5.41) is 0.414. The van der Waals surface area contributed by atoms with Crippen molar-refractivity contribution in [3.05, 3.63) is 47.5 Å². The van der Waals surface area contributed by atoms with Crippen LogP contribution in [0.15, 0.2) is 52.3 Å². The Balaban J connectivity index is 1.58. The second kappa shape index (κ2) is 6.80. The van der Waals surface area contributed by atoms with E-state index in [9.17, 15) is 18.0 Å². The van der Waals surface area contributed by atoms with Gasteiger partial charge in [0.05, 0.1) is 46.6 Å². The van der Waals surface area contributed by atoms with Crippen molar-refractivity contribution in [2.24, 2.45) is 11.8 Å². The number of ether oxygens (including phenoxy) is 2. The molecule has 5 rings (SSSR count). The normalized spacial score (nSPS) is 27.6. The standard InChI is InChI=1S/C21H18ClNO6S/c1-28-13-8-12(9-15(10-13)30(26,27)14-4-2-11(22)3-5-14)23-20(24)18-16-6-7-17(29-16)19(18)21(23)25/h2-5,8-10,16-19H,6-7H2,1H3/t16-,17-,18-,19-/m0/s1. The lowest BCUT2D eigenvalue weighted by Gasteiger charge is -2.19. The molecule has 3 heterocycles. The third-order valence-electron chi connectivity index (χ3n) is 6.08. The zero-order valence-electron chi connectivity index (χ0n) is 15.9. The van der Waals surface area contributed by atoms with Crippen LogP contribution in [0.1, 0.15) is 12.8 Å². The van der Waals surface area contributed by atoms with Gasteiger partial charge in [-0.05, 0) is 49.2 Å². The number of hydrogen-bond donors (Lipinski definition) is 0. The van der Waals surface area contributed by atoms with Gasteiger partial charge in [-0.1, -0.05) is 11.6 Å². The van der Waals surface area contributed by atoms with Gasteiger partial charge in [-0.3, -0.25) is 9.59 Å². The topological polar surface area (TPSA) is 90.0 Å². The van der Waals surface area contributed by atoms with E-state index in [0.29, 0.717) is 5.02 Å². The van der Waals surface area contributed by atoms with Crippen molar-refractivity contribution in [2.75, 3.05) is 12.0 Å². The number of methoxy groups -OCH3 is 1. The zero-order chi connectivity index (χ0) is 21.2. The van der Waals surface area contributed by atoms with Crippen molar-refractivity contribution in [3.8, 4) is 5.75 Å². The molecular formula is C21H18ClNO6S. The molecule has 2 amide bonds. The molecule has 2 aromatic rings. The zero-order valence-corrected chi connectivity index (χ0v) is 17.5. The van der Waals surface area contributed by atoms with Gasteiger partial charge in [0.25, 0.3) is 0 Å². The van der Waals surface area contributed by atoms with Crippen molar-refractivity contribution in [2.45, 2.75) is 34.8 Å². The number of rotatable bonds is 4. The van der Waals surface area contributed by atoms with Crippen LogP contribution in [-0.2, 0) is 24.2 Å². The highest BCUT2D eigenvalue weighted by molar-refractivity contribution is 7.91. The summed E-state index contributed by atoms with van der Waals surface area (Å²) in [6.07, 6.45) is 1.02. The van der Waals surface area contributed by atoms with Crippen LogP contribution in [0.25, 0.3) is 0 Å². The maximum atomic E-state index is 13.1. The van der Waals surface area contributed by atoms with Crippen LogP contribution in [0.5, 0.6) is 5.75 Å². The van der Waals surface area contributed by atoms with Crippen LogP contribution in [-0.4, -0.2) is 39.5 Å². The minimum absolute atomic E-state index is 0.0495. The number of benzene rings is 2. The molecule has 0 aromatic heterocycles. The quantitative estimate of drug-likeness (QED) is 0.669. The van der Waals surface area contributed by atoms with Gasteiger partial charge >= 0.3 is 0 Å². The molecule has 7 nitrogen and oxygen atoms in total. The molecule has 0 aliphatic carbocycles. The summed E-state index contributed by atoms with van der Waals surface area (Å²) in [5.41, 5.74) is 0.186. The minimum Gasteiger partial charge on any atom is -0.497 e. The summed E-state index contributed by atoms with van der Waals surface area (Å²) in [6.45, 7) is 0. The first kappa shape index (κ1) is 19.5. The molecule has 0 spiro atoms. The van der Waals surface area contributed by atoms with Crippen LogP contribution in [0.3, 0.4) is 0 Å². The lowest BCUT2D eigenvalue weighted by molar-refractivity contribution is -0.124. The van der Waals surface area contributed by atoms with E-state index in [4.69, 9.17) is 21.1 Å². The number of fused-ring (bicyclic) bond motifs is 5. The number of carbonyl (C=O) groups is 2. The number of amides is 2. The fourth-order valence-electron chi connectivity index (χ4n) is 4.68. The van der Waals surface area contributed by atoms with E-state index >= 15 is 0 Å². The molecule has 0 radical (unpaired) electrons. The molecule has 3 saturated heterocycles. The lowest BCUT2D eigenvalue weighted by atomic mass is 9.81. The smallest absolute Gasteiger partial charge is 0.240 e. The van der Waals surface area contributed by atoms with E-state index in [-0.39, 0.29) is 45.3 Å². The maximum Gasteiger partial charge on any atom is 0.240 e. The van der Waals surface area contributed by atoms with E-state index in [0.717, 1.165) is 17.7 Å². The van der Waals surface area contributed by atoms with Gasteiger partial charge < -0.3 is 9.47 Å². The van der Waals surface area contributed by atoms with Gasteiger partial charge in [-0.15, -0.1) is 0 Å². The third kappa shape index (κ3) is 2.78. The average Bonchev–Trinajstić information content (AvgIpc) is 3.41. The van der Waals surface area contributed by atoms with Crippen molar-refractivity contribution >= 4 is 38.9 Å². The number of sulfone groups is 1. The highest BCUT2D eigenvalue weighted by Gasteiger charge is 2.62. The Labute approximate surface area is 178 Å². The Kier molecular flexibility index (Phi) is 4.43. The van der Waals surface area contributed by atoms with E-state index in [1.165, 1.54) is 49.6 Å². The van der Waals surface area contributed by atoms with Gasteiger partial charge in [0.1, 0.15) is 5.75 Å². The Morgan fingerprint density at radius 3 is 2.13 bits per heavy atom. The summed E-state index contributed by atoms with van der Waals surface area (Å²) in [5.74, 6) is -1.46. The van der Waals surface area contributed by atoms with E-state index in [1.54, 1.807) is 0 Å². The molecule has 0 unspecified atom stereocenters. The summed E-state index contributed by atoms with van der Waals surface area (Å²) < 4.78 is 37.3. The van der Waals surface area contributed by atoms with Crippen LogP contribution in [0, 0.1) is 11.8 Å². The minimum atomic E-state index is -3.92. The Morgan fingerprint density at radius 2 is 1.57 bits per heavy atom. The van der Waals surface area contributed by atoms with E-state index in [2.05, 4.69) is 0 Å². The molecule has 0 N–H and O–H groups in total. The molecule has 30 heavy (non-hydrogen) atoms. The second-order valence-electron chi connectivity index (χ2n) is 7.68. The molecule has 0 saturated carbocycles. The third-order valence-corrected chi connectivity index (χ3v) is 8.08. The summed E-state index contributed by atoms with van der Waals surface area (Å²) in [6, 6.07) is 9.99. The lowest BCUT2D eigenvalue weighted by Crippen LogP contribution is -2.34. The number of halogens is 1. The van der Waals surface area contributed by atoms with Crippen molar-refractivity contribution < 1.29 is 27.5 Å². The van der Waals surface area contributed by atoms with Crippen LogP contribution >= 0.6 is 11.6 Å². The summed E-state index contributed by atoms with van der Waals surface area (Å²) in [4.78, 5) is 27.2. The van der Waals surface area contributed by atoms with Gasteiger partial charge in [-0.2, -0.15) is 0 Å². The highest BCUT2D eigenvalue weighted by Crippen LogP contribution is 2.49. The molecule has 9 heteroatoms. The number of imide groups is 1. The fourth-order valence-corrected chi connectivity index (χ4v) is 6.11. The van der Waals surface area contributed by atoms with E-state index < -0.39 is 21.7 Å². The molecular weight excluding hydrogens is 430 g/mol. The predicted octanol–water partition coefficient (Wildman–Crippen LogP) is 2.85. The van der Waals surface area contributed by atoms with Crippen LogP contribution in [0.2, 0.25) is 5.02 Å². The monoisotopic (exact) mass is 447 g/mol. The highest BCUT2D eigenvalue weighted by atomic mass is 35.5. The molecule has 4 atom stereocenters. The number of hydrogen-bond acceptors (Lipinski definition) is 6. The molecule has 3 aliphatic rings. The first-order chi connectivity index (χ1) is 14.3. The predicted molar refractivity (Wildman–Crippen MR) is 107 cm³/mol. The SMILES string of the molecule is COc1cc(N2C(=O)[C@@H]3[C@@H](C2=O)[C@@H]2CC[C@@H]3O2)cc(S(=O)(=O)c2ccc(Cl)cc2)c1. The largest absolute Gasteiger partial charge is 0.497 e. The first-order valence-electron chi connectivity index (χ1n) is 9.54. The number of carbonyl (C=O) groups excluding carboxylic acids is 2. The fraction of sp³-hybridized carbons (Fsp3) is 0.333. The second-order valence-corrected chi connectivity index (χ2v) is 10.1. The van der Waals surface area contributed by atoms with Crippen molar-refractivity contribution in [1.82, 2.24) is 0 Å². The molecule has 3 fully saturated rings. The van der Waals surface area contributed by atoms with Gasteiger partial charge in [0, 0.05) is 11.1 Å². The molecule has 2 bridgehead atoms. The Bertz CT molecular complexity index is 1130. The average molecular weight is 448 g/mol.